The van der Waals surface area contributed by atoms with E-state index in [-0.39, 0.29) is 5.91 Å². The molecule has 0 unspecified atom stereocenters. The molecule has 134 valence electrons. The van der Waals surface area contributed by atoms with Crippen molar-refractivity contribution in [3.05, 3.63) is 48.0 Å². The second-order valence-corrected chi connectivity index (χ2v) is 5.12. The van der Waals surface area contributed by atoms with Gasteiger partial charge >= 0.3 is 0 Å². The maximum absolute atomic E-state index is 12.4. The van der Waals surface area contributed by atoms with Crippen molar-refractivity contribution < 1.29 is 23.7 Å². The van der Waals surface area contributed by atoms with Crippen LogP contribution in [0.5, 0.6) is 17.2 Å². The van der Waals surface area contributed by atoms with E-state index >= 15 is 0 Å². The summed E-state index contributed by atoms with van der Waals surface area (Å²) in [6, 6.07) is 12.2. The van der Waals surface area contributed by atoms with Crippen LogP contribution in [0.1, 0.15) is 17.3 Å². The van der Waals surface area contributed by atoms with Crippen molar-refractivity contribution in [2.75, 3.05) is 39.4 Å². The fourth-order valence-corrected chi connectivity index (χ4v) is 2.17. The first-order chi connectivity index (χ1) is 12.2. The molecule has 0 aliphatic carbocycles. The van der Waals surface area contributed by atoms with Gasteiger partial charge in [-0.1, -0.05) is 0 Å². The minimum atomic E-state index is -0.225. The molecule has 2 rings (SSSR count). The van der Waals surface area contributed by atoms with Crippen LogP contribution in [0.25, 0.3) is 0 Å². The standard InChI is InChI=1S/C19H23NO5/c1-4-24-18-13-14(5-10-17(18)23-3)19(21)20-15-6-8-16(9-7-15)25-12-11-22-2/h5-10,13H,4,11-12H2,1-3H3,(H,20,21). The van der Waals surface area contributed by atoms with Crippen molar-refractivity contribution in [3.8, 4) is 17.2 Å². The number of ether oxygens (including phenoxy) is 4. The van der Waals surface area contributed by atoms with Gasteiger partial charge in [-0.05, 0) is 49.4 Å². The number of methoxy groups -OCH3 is 2. The minimum Gasteiger partial charge on any atom is -0.493 e. The largest absolute Gasteiger partial charge is 0.493 e. The van der Waals surface area contributed by atoms with Crippen molar-refractivity contribution in [2.45, 2.75) is 6.92 Å². The quantitative estimate of drug-likeness (QED) is 0.706. The summed E-state index contributed by atoms with van der Waals surface area (Å²) < 4.78 is 21.1. The van der Waals surface area contributed by atoms with Gasteiger partial charge in [0, 0.05) is 18.4 Å². The van der Waals surface area contributed by atoms with Gasteiger partial charge in [-0.15, -0.1) is 0 Å². The molecule has 25 heavy (non-hydrogen) atoms. The molecule has 0 atom stereocenters. The Hall–Kier alpha value is -2.73. The predicted molar refractivity (Wildman–Crippen MR) is 95.9 cm³/mol. The first-order valence-corrected chi connectivity index (χ1v) is 8.02. The minimum absolute atomic E-state index is 0.225. The van der Waals surface area contributed by atoms with Gasteiger partial charge in [-0.3, -0.25) is 4.79 Å². The number of carbonyl (C=O) groups is 1. The topological polar surface area (TPSA) is 66.0 Å². The maximum Gasteiger partial charge on any atom is 0.255 e. The third-order valence-electron chi connectivity index (χ3n) is 3.39. The van der Waals surface area contributed by atoms with Gasteiger partial charge in [0.05, 0.1) is 20.3 Å². The zero-order chi connectivity index (χ0) is 18.1. The number of rotatable bonds is 9. The highest BCUT2D eigenvalue weighted by atomic mass is 16.5. The van der Waals surface area contributed by atoms with Gasteiger partial charge in [0.15, 0.2) is 11.5 Å². The highest BCUT2D eigenvalue weighted by Crippen LogP contribution is 2.28. The van der Waals surface area contributed by atoms with Crippen LogP contribution >= 0.6 is 0 Å². The zero-order valence-corrected chi connectivity index (χ0v) is 14.7. The zero-order valence-electron chi connectivity index (χ0n) is 14.7. The van der Waals surface area contributed by atoms with Crippen LogP contribution in [-0.2, 0) is 4.74 Å². The summed E-state index contributed by atoms with van der Waals surface area (Å²) in [5, 5.41) is 2.84. The summed E-state index contributed by atoms with van der Waals surface area (Å²) in [4.78, 5) is 12.4. The molecule has 0 heterocycles. The van der Waals surface area contributed by atoms with Crippen LogP contribution < -0.4 is 19.5 Å². The van der Waals surface area contributed by atoms with E-state index in [4.69, 9.17) is 18.9 Å². The summed E-state index contributed by atoms with van der Waals surface area (Å²) in [5.74, 6) is 1.63. The SMILES string of the molecule is CCOc1cc(C(=O)Nc2ccc(OCCOC)cc2)ccc1OC. The van der Waals surface area contributed by atoms with E-state index in [0.29, 0.717) is 42.6 Å². The molecular weight excluding hydrogens is 322 g/mol. The number of nitrogens with one attached hydrogen (secondary N) is 1. The van der Waals surface area contributed by atoms with Gasteiger partial charge in [0.1, 0.15) is 12.4 Å². The molecule has 6 heteroatoms. The summed E-state index contributed by atoms with van der Waals surface area (Å²) >= 11 is 0. The Labute approximate surface area is 147 Å². The summed E-state index contributed by atoms with van der Waals surface area (Å²) in [6.45, 7) is 3.38. The van der Waals surface area contributed by atoms with Crippen LogP contribution in [-0.4, -0.2) is 39.9 Å². The van der Waals surface area contributed by atoms with Crippen molar-refractivity contribution in [1.29, 1.82) is 0 Å². The first kappa shape index (κ1) is 18.6. The van der Waals surface area contributed by atoms with Gasteiger partial charge in [-0.2, -0.15) is 0 Å². The van der Waals surface area contributed by atoms with Gasteiger partial charge < -0.3 is 24.3 Å². The fraction of sp³-hybridized carbons (Fsp3) is 0.316. The second kappa shape index (κ2) is 9.54. The summed E-state index contributed by atoms with van der Waals surface area (Å²) in [6.07, 6.45) is 0. The van der Waals surface area contributed by atoms with Gasteiger partial charge in [0.2, 0.25) is 0 Å². The number of carbonyl (C=O) groups excluding carboxylic acids is 1. The number of anilines is 1. The van der Waals surface area contributed by atoms with E-state index in [2.05, 4.69) is 5.32 Å². The van der Waals surface area contributed by atoms with Crippen LogP contribution in [0, 0.1) is 0 Å². The van der Waals surface area contributed by atoms with Crippen LogP contribution in [0.15, 0.2) is 42.5 Å². The molecule has 0 radical (unpaired) electrons. The average Bonchev–Trinajstić information content (AvgIpc) is 2.63. The lowest BCUT2D eigenvalue weighted by atomic mass is 10.2. The van der Waals surface area contributed by atoms with E-state index in [1.54, 1.807) is 56.7 Å². The molecule has 6 nitrogen and oxygen atoms in total. The molecule has 2 aromatic rings. The van der Waals surface area contributed by atoms with Crippen LogP contribution in [0.4, 0.5) is 5.69 Å². The van der Waals surface area contributed by atoms with Crippen molar-refractivity contribution in [3.63, 3.8) is 0 Å². The smallest absolute Gasteiger partial charge is 0.255 e. The summed E-state index contributed by atoms with van der Waals surface area (Å²) in [7, 11) is 3.19. The Morgan fingerprint density at radius 2 is 1.72 bits per heavy atom. The molecule has 0 aromatic heterocycles. The van der Waals surface area contributed by atoms with E-state index in [0.717, 1.165) is 5.75 Å². The average molecular weight is 345 g/mol. The monoisotopic (exact) mass is 345 g/mol. The molecule has 1 N–H and O–H groups in total. The Bertz CT molecular complexity index is 685. The second-order valence-electron chi connectivity index (χ2n) is 5.12. The number of hydrogen-bond donors (Lipinski definition) is 1. The Kier molecular flexibility index (Phi) is 7.10. The lowest BCUT2D eigenvalue weighted by Gasteiger charge is -2.11. The lowest BCUT2D eigenvalue weighted by molar-refractivity contribution is 0.102. The summed E-state index contributed by atoms with van der Waals surface area (Å²) in [5.41, 5.74) is 1.17. The molecule has 0 aliphatic heterocycles. The Morgan fingerprint density at radius 1 is 0.960 bits per heavy atom. The van der Waals surface area contributed by atoms with Crippen molar-refractivity contribution >= 4 is 11.6 Å². The Balaban J connectivity index is 2.02. The van der Waals surface area contributed by atoms with E-state index in [1.807, 2.05) is 6.92 Å². The molecular formula is C19H23NO5. The molecule has 0 fully saturated rings. The third kappa shape index (κ3) is 5.39. The highest BCUT2D eigenvalue weighted by molar-refractivity contribution is 6.04. The molecule has 2 aromatic carbocycles. The highest BCUT2D eigenvalue weighted by Gasteiger charge is 2.11. The Morgan fingerprint density at radius 3 is 2.36 bits per heavy atom. The van der Waals surface area contributed by atoms with Crippen LogP contribution in [0.3, 0.4) is 0 Å². The van der Waals surface area contributed by atoms with Gasteiger partial charge in [0.25, 0.3) is 5.91 Å². The molecule has 0 spiro atoms. The van der Waals surface area contributed by atoms with Crippen LogP contribution in [0.2, 0.25) is 0 Å². The lowest BCUT2D eigenvalue weighted by Crippen LogP contribution is -2.12. The first-order valence-electron chi connectivity index (χ1n) is 8.02. The van der Waals surface area contributed by atoms with E-state index < -0.39 is 0 Å². The predicted octanol–water partition coefficient (Wildman–Crippen LogP) is 3.37. The molecule has 0 saturated heterocycles. The third-order valence-corrected chi connectivity index (χ3v) is 3.39. The van der Waals surface area contributed by atoms with Gasteiger partial charge in [-0.25, -0.2) is 0 Å². The maximum atomic E-state index is 12.4. The van der Waals surface area contributed by atoms with E-state index in [1.165, 1.54) is 0 Å². The molecule has 0 saturated carbocycles. The number of hydrogen-bond acceptors (Lipinski definition) is 5. The molecule has 0 bridgehead atoms. The van der Waals surface area contributed by atoms with Crippen molar-refractivity contribution in [2.24, 2.45) is 0 Å². The molecule has 1 amide bonds. The number of benzene rings is 2. The fourth-order valence-electron chi connectivity index (χ4n) is 2.17. The normalized spacial score (nSPS) is 10.2. The molecule has 0 aliphatic rings. The van der Waals surface area contributed by atoms with E-state index in [9.17, 15) is 4.79 Å². The number of amides is 1. The van der Waals surface area contributed by atoms with Crippen molar-refractivity contribution in [1.82, 2.24) is 0 Å².